The van der Waals surface area contributed by atoms with Crippen LogP contribution in [0.3, 0.4) is 0 Å². The zero-order valence-corrected chi connectivity index (χ0v) is 17.6. The van der Waals surface area contributed by atoms with Crippen LogP contribution in [0.4, 0.5) is 0 Å². The Kier molecular flexibility index (Phi) is 5.28. The lowest BCUT2D eigenvalue weighted by Gasteiger charge is -2.26. The predicted octanol–water partition coefficient (Wildman–Crippen LogP) is 2.53. The van der Waals surface area contributed by atoms with Crippen molar-refractivity contribution in [3.05, 3.63) is 53.2 Å². The predicted molar refractivity (Wildman–Crippen MR) is 107 cm³/mol. The standard InChI is InChI=1S/C20H24N4O4S/c1-14-4-6-17(7-5-14)20-21-18(13-28-20)12-24-16(3)19(15(2)22-24)29(25,26)23-8-10-27-11-9-23/h4-7,13H,8-12H2,1-3H3. The molecule has 0 amide bonds. The Hall–Kier alpha value is -2.49. The number of hydrogen-bond donors (Lipinski definition) is 0. The fourth-order valence-electron chi connectivity index (χ4n) is 3.49. The average molecular weight is 417 g/mol. The molecule has 1 fully saturated rings. The number of aryl methyl sites for hydroxylation is 2. The number of ether oxygens (including phenoxy) is 1. The van der Waals surface area contributed by atoms with Gasteiger partial charge in [0, 0.05) is 18.7 Å². The van der Waals surface area contributed by atoms with Gasteiger partial charge in [0.25, 0.3) is 0 Å². The number of oxazole rings is 1. The second kappa shape index (κ2) is 7.74. The lowest BCUT2D eigenvalue weighted by Crippen LogP contribution is -2.41. The smallest absolute Gasteiger partial charge is 0.246 e. The van der Waals surface area contributed by atoms with Gasteiger partial charge in [-0.05, 0) is 32.9 Å². The molecule has 154 valence electrons. The molecule has 0 unspecified atom stereocenters. The normalized spacial score (nSPS) is 15.7. The van der Waals surface area contributed by atoms with Gasteiger partial charge in [0.2, 0.25) is 15.9 Å². The molecule has 0 spiro atoms. The molecule has 1 saturated heterocycles. The summed E-state index contributed by atoms with van der Waals surface area (Å²) >= 11 is 0. The highest BCUT2D eigenvalue weighted by molar-refractivity contribution is 7.89. The highest BCUT2D eigenvalue weighted by atomic mass is 32.2. The van der Waals surface area contributed by atoms with Gasteiger partial charge in [-0.1, -0.05) is 17.7 Å². The number of morpholine rings is 1. The molecule has 0 atom stereocenters. The third kappa shape index (κ3) is 3.85. The van der Waals surface area contributed by atoms with Gasteiger partial charge in [0.05, 0.1) is 31.1 Å². The molecule has 0 saturated carbocycles. The van der Waals surface area contributed by atoms with Gasteiger partial charge < -0.3 is 9.15 Å². The third-order valence-electron chi connectivity index (χ3n) is 5.05. The summed E-state index contributed by atoms with van der Waals surface area (Å²) in [7, 11) is -3.61. The van der Waals surface area contributed by atoms with E-state index >= 15 is 0 Å². The molecule has 9 heteroatoms. The van der Waals surface area contributed by atoms with Crippen molar-refractivity contribution < 1.29 is 17.6 Å². The largest absolute Gasteiger partial charge is 0.444 e. The SMILES string of the molecule is Cc1ccc(-c2nc(Cn3nc(C)c(S(=O)(=O)N4CCOCC4)c3C)co2)cc1. The minimum absolute atomic E-state index is 0.265. The summed E-state index contributed by atoms with van der Waals surface area (Å²) < 4.78 is 40.2. The zero-order valence-electron chi connectivity index (χ0n) is 16.8. The molecule has 4 rings (SSSR count). The highest BCUT2D eigenvalue weighted by Gasteiger charge is 2.32. The number of rotatable bonds is 5. The van der Waals surface area contributed by atoms with E-state index in [1.807, 2.05) is 31.2 Å². The van der Waals surface area contributed by atoms with Crippen molar-refractivity contribution >= 4 is 10.0 Å². The van der Waals surface area contributed by atoms with Gasteiger partial charge in [-0.15, -0.1) is 0 Å². The fourth-order valence-corrected chi connectivity index (χ4v) is 5.27. The van der Waals surface area contributed by atoms with Crippen molar-refractivity contribution in [3.63, 3.8) is 0 Å². The van der Waals surface area contributed by atoms with E-state index < -0.39 is 10.0 Å². The zero-order chi connectivity index (χ0) is 20.6. The van der Waals surface area contributed by atoms with Crippen molar-refractivity contribution in [3.8, 4) is 11.5 Å². The summed E-state index contributed by atoms with van der Waals surface area (Å²) in [6.07, 6.45) is 1.59. The minimum Gasteiger partial charge on any atom is -0.444 e. The molecule has 1 aromatic carbocycles. The first kappa shape index (κ1) is 19.8. The average Bonchev–Trinajstić information content (AvgIpc) is 3.28. The van der Waals surface area contributed by atoms with E-state index in [9.17, 15) is 8.42 Å². The van der Waals surface area contributed by atoms with Gasteiger partial charge in [-0.25, -0.2) is 13.4 Å². The Morgan fingerprint density at radius 3 is 2.45 bits per heavy atom. The monoisotopic (exact) mass is 416 g/mol. The molecule has 0 radical (unpaired) electrons. The van der Waals surface area contributed by atoms with Gasteiger partial charge in [0.15, 0.2) is 0 Å². The fraction of sp³-hybridized carbons (Fsp3) is 0.400. The van der Waals surface area contributed by atoms with E-state index in [0.717, 1.165) is 11.1 Å². The van der Waals surface area contributed by atoms with Crippen molar-refractivity contribution in [2.45, 2.75) is 32.2 Å². The summed E-state index contributed by atoms with van der Waals surface area (Å²) in [6.45, 7) is 7.38. The van der Waals surface area contributed by atoms with Crippen LogP contribution in [-0.4, -0.2) is 53.8 Å². The number of sulfonamides is 1. The summed E-state index contributed by atoms with van der Waals surface area (Å²) in [5.41, 5.74) is 3.81. The van der Waals surface area contributed by atoms with Gasteiger partial charge >= 0.3 is 0 Å². The van der Waals surface area contributed by atoms with Crippen LogP contribution < -0.4 is 0 Å². The van der Waals surface area contributed by atoms with E-state index in [1.54, 1.807) is 24.8 Å². The maximum absolute atomic E-state index is 13.1. The minimum atomic E-state index is -3.61. The molecule has 0 N–H and O–H groups in total. The van der Waals surface area contributed by atoms with Crippen molar-refractivity contribution in [2.75, 3.05) is 26.3 Å². The van der Waals surface area contributed by atoms with Crippen LogP contribution in [0.1, 0.15) is 22.6 Å². The lowest BCUT2D eigenvalue weighted by molar-refractivity contribution is 0.0730. The molecule has 2 aromatic heterocycles. The van der Waals surface area contributed by atoms with Crippen molar-refractivity contribution in [2.24, 2.45) is 0 Å². The van der Waals surface area contributed by atoms with Crippen LogP contribution in [0, 0.1) is 20.8 Å². The third-order valence-corrected chi connectivity index (χ3v) is 7.20. The second-order valence-corrected chi connectivity index (χ2v) is 9.06. The van der Waals surface area contributed by atoms with Crippen LogP contribution >= 0.6 is 0 Å². The Balaban J connectivity index is 1.59. The van der Waals surface area contributed by atoms with E-state index in [0.29, 0.717) is 55.8 Å². The topological polar surface area (TPSA) is 90.5 Å². The molecule has 29 heavy (non-hydrogen) atoms. The molecule has 1 aliphatic heterocycles. The summed E-state index contributed by atoms with van der Waals surface area (Å²) in [4.78, 5) is 4.80. The molecular formula is C20H24N4O4S. The Bertz CT molecular complexity index is 1110. The van der Waals surface area contributed by atoms with Crippen molar-refractivity contribution in [1.29, 1.82) is 0 Å². The number of benzene rings is 1. The summed E-state index contributed by atoms with van der Waals surface area (Å²) in [5, 5.41) is 4.46. The van der Waals surface area contributed by atoms with Crippen LogP contribution in [0.5, 0.6) is 0 Å². The summed E-state index contributed by atoms with van der Waals surface area (Å²) in [5.74, 6) is 0.530. The van der Waals surface area contributed by atoms with Crippen LogP contribution in [0.25, 0.3) is 11.5 Å². The maximum Gasteiger partial charge on any atom is 0.246 e. The quantitative estimate of drug-likeness (QED) is 0.635. The Morgan fingerprint density at radius 2 is 1.76 bits per heavy atom. The van der Waals surface area contributed by atoms with Crippen molar-refractivity contribution in [1.82, 2.24) is 19.1 Å². The van der Waals surface area contributed by atoms with Crippen LogP contribution in [-0.2, 0) is 21.3 Å². The molecule has 1 aliphatic rings. The van der Waals surface area contributed by atoms with E-state index in [4.69, 9.17) is 9.15 Å². The number of aromatic nitrogens is 3. The molecule has 0 aliphatic carbocycles. The van der Waals surface area contributed by atoms with E-state index in [-0.39, 0.29) is 4.90 Å². The van der Waals surface area contributed by atoms with Gasteiger partial charge in [-0.3, -0.25) is 4.68 Å². The van der Waals surface area contributed by atoms with E-state index in [1.165, 1.54) is 4.31 Å². The lowest BCUT2D eigenvalue weighted by atomic mass is 10.1. The maximum atomic E-state index is 13.1. The second-order valence-electron chi connectivity index (χ2n) is 7.18. The number of nitrogens with zero attached hydrogens (tertiary/aromatic N) is 4. The summed E-state index contributed by atoms with van der Waals surface area (Å²) in [6, 6.07) is 7.93. The Morgan fingerprint density at radius 1 is 1.07 bits per heavy atom. The molecular weight excluding hydrogens is 392 g/mol. The first-order valence-corrected chi connectivity index (χ1v) is 10.9. The number of hydrogen-bond acceptors (Lipinski definition) is 6. The molecule has 3 heterocycles. The Labute approximate surface area is 170 Å². The van der Waals surface area contributed by atoms with Gasteiger partial charge in [-0.2, -0.15) is 9.40 Å². The first-order chi connectivity index (χ1) is 13.9. The molecule has 0 bridgehead atoms. The van der Waals surface area contributed by atoms with E-state index in [2.05, 4.69) is 10.1 Å². The highest BCUT2D eigenvalue weighted by Crippen LogP contribution is 2.25. The van der Waals surface area contributed by atoms with Crippen LogP contribution in [0.2, 0.25) is 0 Å². The van der Waals surface area contributed by atoms with Gasteiger partial charge in [0.1, 0.15) is 16.9 Å². The van der Waals surface area contributed by atoms with Crippen LogP contribution in [0.15, 0.2) is 39.8 Å². The first-order valence-electron chi connectivity index (χ1n) is 9.49. The molecule has 8 nitrogen and oxygen atoms in total. The molecule has 3 aromatic rings.